The van der Waals surface area contributed by atoms with Gasteiger partial charge in [0.1, 0.15) is 5.82 Å². The van der Waals surface area contributed by atoms with E-state index in [0.717, 1.165) is 22.7 Å². The van der Waals surface area contributed by atoms with Crippen molar-refractivity contribution < 1.29 is 9.18 Å². The van der Waals surface area contributed by atoms with Crippen molar-refractivity contribution in [3.8, 4) is 0 Å². The predicted molar refractivity (Wildman–Crippen MR) is 98.7 cm³/mol. The van der Waals surface area contributed by atoms with Crippen LogP contribution in [-0.4, -0.2) is 33.1 Å². The summed E-state index contributed by atoms with van der Waals surface area (Å²) in [6.07, 6.45) is 0.689. The molecule has 0 atom stereocenters. The van der Waals surface area contributed by atoms with Gasteiger partial charge in [-0.2, -0.15) is 5.10 Å². The molecular formula is C17H17FN4OS2. The molecule has 1 aromatic heterocycles. The number of hydrazone groups is 1. The third-order valence-electron chi connectivity index (χ3n) is 3.47. The van der Waals surface area contributed by atoms with Crippen molar-refractivity contribution in [1.29, 1.82) is 0 Å². The monoisotopic (exact) mass is 376 g/mol. The van der Waals surface area contributed by atoms with Crippen LogP contribution >= 0.6 is 23.5 Å². The highest BCUT2D eigenvalue weighted by Gasteiger charge is 2.19. The van der Waals surface area contributed by atoms with E-state index in [-0.39, 0.29) is 17.5 Å². The summed E-state index contributed by atoms with van der Waals surface area (Å²) in [5.74, 6) is 0.429. The second-order valence-electron chi connectivity index (χ2n) is 5.53. The zero-order chi connectivity index (χ0) is 17.8. The summed E-state index contributed by atoms with van der Waals surface area (Å²) in [5.41, 5.74) is 5.75. The van der Waals surface area contributed by atoms with Crippen LogP contribution < -0.4 is 5.43 Å². The number of carbonyl (C=O) groups is 1. The summed E-state index contributed by atoms with van der Waals surface area (Å²) >= 11 is 2.74. The van der Waals surface area contributed by atoms with E-state index in [0.29, 0.717) is 22.2 Å². The van der Waals surface area contributed by atoms with Gasteiger partial charge in [0.05, 0.1) is 16.4 Å². The number of nitrogens with one attached hydrogen (secondary N) is 1. The number of fused-ring (bicyclic) bond motifs is 1. The Balaban J connectivity index is 1.63. The molecule has 0 spiro atoms. The van der Waals surface area contributed by atoms with Gasteiger partial charge in [-0.1, -0.05) is 23.9 Å². The maximum atomic E-state index is 13.8. The molecule has 5 nitrogen and oxygen atoms in total. The molecule has 0 saturated heterocycles. The molecule has 0 unspecified atom stereocenters. The molecule has 25 heavy (non-hydrogen) atoms. The van der Waals surface area contributed by atoms with Crippen LogP contribution in [0.4, 0.5) is 4.39 Å². The Labute approximate surface area is 153 Å². The Morgan fingerprint density at radius 1 is 1.36 bits per heavy atom. The Morgan fingerprint density at radius 2 is 2.12 bits per heavy atom. The number of thioether (sulfide) groups is 2. The van der Waals surface area contributed by atoms with Crippen molar-refractivity contribution in [3.05, 3.63) is 47.0 Å². The minimum atomic E-state index is -0.247. The third kappa shape index (κ3) is 4.58. The van der Waals surface area contributed by atoms with Crippen LogP contribution in [0.1, 0.15) is 23.4 Å². The predicted octanol–water partition coefficient (Wildman–Crippen LogP) is 3.34. The van der Waals surface area contributed by atoms with Gasteiger partial charge in [-0.15, -0.1) is 11.8 Å². The number of hydrogen-bond donors (Lipinski definition) is 1. The molecule has 8 heteroatoms. The van der Waals surface area contributed by atoms with Crippen molar-refractivity contribution in [2.45, 2.75) is 30.3 Å². The molecule has 1 amide bonds. The molecule has 130 valence electrons. The van der Waals surface area contributed by atoms with Gasteiger partial charge in [0, 0.05) is 29.1 Å². The smallest absolute Gasteiger partial charge is 0.250 e. The molecule has 2 heterocycles. The van der Waals surface area contributed by atoms with Crippen molar-refractivity contribution in [2.75, 3.05) is 11.5 Å². The fourth-order valence-corrected chi connectivity index (χ4v) is 4.22. The van der Waals surface area contributed by atoms with Crippen LogP contribution in [-0.2, 0) is 4.79 Å². The Bertz CT molecular complexity index is 821. The van der Waals surface area contributed by atoms with Gasteiger partial charge in [0.25, 0.3) is 5.91 Å². The Morgan fingerprint density at radius 3 is 2.88 bits per heavy atom. The number of amides is 1. The van der Waals surface area contributed by atoms with Gasteiger partial charge in [0.15, 0.2) is 5.16 Å². The molecule has 1 N–H and O–H groups in total. The maximum absolute atomic E-state index is 13.8. The first-order valence-corrected chi connectivity index (χ1v) is 9.72. The number of hydrogen-bond acceptors (Lipinski definition) is 6. The fraction of sp³-hybridized carbons (Fsp3) is 0.294. The summed E-state index contributed by atoms with van der Waals surface area (Å²) in [4.78, 5) is 21.2. The van der Waals surface area contributed by atoms with Crippen LogP contribution in [0.25, 0.3) is 0 Å². The normalized spacial score (nSPS) is 15.1. The number of rotatable bonds is 4. The zero-order valence-electron chi connectivity index (χ0n) is 13.9. The minimum Gasteiger partial charge on any atom is -0.272 e. The van der Waals surface area contributed by atoms with Crippen molar-refractivity contribution in [1.82, 2.24) is 15.4 Å². The Hall–Kier alpha value is -1.93. The number of benzene rings is 1. The second-order valence-corrected chi connectivity index (χ2v) is 7.58. The molecule has 0 aliphatic carbocycles. The van der Waals surface area contributed by atoms with Gasteiger partial charge < -0.3 is 0 Å². The fourth-order valence-electron chi connectivity index (χ4n) is 2.43. The largest absolute Gasteiger partial charge is 0.272 e. The first-order chi connectivity index (χ1) is 12.0. The lowest BCUT2D eigenvalue weighted by atomic mass is 10.1. The van der Waals surface area contributed by atoms with E-state index in [1.807, 2.05) is 26.0 Å². The van der Waals surface area contributed by atoms with E-state index >= 15 is 0 Å². The minimum absolute atomic E-state index is 0.171. The SMILES string of the molecule is Cc1cc(C)nc(SCC(=O)NN=C2CCSc3c(F)cccc32)n1. The lowest BCUT2D eigenvalue weighted by Gasteiger charge is -2.17. The topological polar surface area (TPSA) is 67.2 Å². The highest BCUT2D eigenvalue weighted by atomic mass is 32.2. The molecule has 2 aromatic rings. The highest BCUT2D eigenvalue weighted by Crippen LogP contribution is 2.32. The van der Waals surface area contributed by atoms with Crippen LogP contribution in [0.5, 0.6) is 0 Å². The molecule has 0 saturated carbocycles. The summed E-state index contributed by atoms with van der Waals surface area (Å²) < 4.78 is 13.8. The van der Waals surface area contributed by atoms with Gasteiger partial charge in [-0.3, -0.25) is 4.79 Å². The van der Waals surface area contributed by atoms with Crippen molar-refractivity contribution >= 4 is 35.1 Å². The Kier molecular flexibility index (Phi) is 5.70. The van der Waals surface area contributed by atoms with Crippen LogP contribution in [0.15, 0.2) is 39.4 Å². The average molecular weight is 376 g/mol. The lowest BCUT2D eigenvalue weighted by molar-refractivity contribution is -0.118. The molecule has 3 rings (SSSR count). The number of aryl methyl sites for hydroxylation is 2. The summed E-state index contributed by atoms with van der Waals surface area (Å²) in [7, 11) is 0. The van der Waals surface area contributed by atoms with E-state index in [9.17, 15) is 9.18 Å². The summed E-state index contributed by atoms with van der Waals surface area (Å²) in [6.45, 7) is 3.78. The van der Waals surface area contributed by atoms with E-state index in [1.54, 1.807) is 6.07 Å². The van der Waals surface area contributed by atoms with Crippen LogP contribution in [0.3, 0.4) is 0 Å². The number of nitrogens with zero attached hydrogens (tertiary/aromatic N) is 3. The maximum Gasteiger partial charge on any atom is 0.250 e. The van der Waals surface area contributed by atoms with Crippen molar-refractivity contribution in [3.63, 3.8) is 0 Å². The van der Waals surface area contributed by atoms with E-state index < -0.39 is 0 Å². The van der Waals surface area contributed by atoms with Gasteiger partial charge in [-0.05, 0) is 26.0 Å². The highest BCUT2D eigenvalue weighted by molar-refractivity contribution is 7.99. The van der Waals surface area contributed by atoms with Gasteiger partial charge >= 0.3 is 0 Å². The second kappa shape index (κ2) is 7.97. The molecule has 1 aliphatic heterocycles. The number of aromatic nitrogens is 2. The van der Waals surface area contributed by atoms with Crippen molar-refractivity contribution in [2.24, 2.45) is 5.10 Å². The third-order valence-corrected chi connectivity index (χ3v) is 5.43. The van der Waals surface area contributed by atoms with Gasteiger partial charge in [0.2, 0.25) is 0 Å². The molecule has 1 aromatic carbocycles. The quantitative estimate of drug-likeness (QED) is 0.504. The lowest BCUT2D eigenvalue weighted by Crippen LogP contribution is -2.23. The van der Waals surface area contributed by atoms with Crippen LogP contribution in [0.2, 0.25) is 0 Å². The molecule has 1 aliphatic rings. The molecular weight excluding hydrogens is 359 g/mol. The summed E-state index contributed by atoms with van der Waals surface area (Å²) in [5, 5.41) is 4.77. The standard InChI is InChI=1S/C17H17FN4OS2/c1-10-8-11(2)20-17(19-10)25-9-15(23)22-21-14-6-7-24-16-12(14)4-3-5-13(16)18/h3-5,8H,6-7,9H2,1-2H3,(H,22,23). The van der Waals surface area contributed by atoms with E-state index in [2.05, 4.69) is 20.5 Å². The zero-order valence-corrected chi connectivity index (χ0v) is 15.5. The van der Waals surface area contributed by atoms with E-state index in [4.69, 9.17) is 0 Å². The first kappa shape index (κ1) is 17.9. The molecule has 0 fully saturated rings. The average Bonchev–Trinajstić information content (AvgIpc) is 2.58. The first-order valence-electron chi connectivity index (χ1n) is 7.75. The number of carbonyl (C=O) groups excluding carboxylic acids is 1. The molecule has 0 bridgehead atoms. The summed E-state index contributed by atoms with van der Waals surface area (Å²) in [6, 6.07) is 6.81. The number of halogens is 1. The van der Waals surface area contributed by atoms with Crippen LogP contribution in [0, 0.1) is 19.7 Å². The van der Waals surface area contributed by atoms with Gasteiger partial charge in [-0.25, -0.2) is 19.8 Å². The molecule has 0 radical (unpaired) electrons. The van der Waals surface area contributed by atoms with E-state index in [1.165, 1.54) is 29.6 Å².